The molecule has 6 nitrogen and oxygen atoms in total. The molecule has 7 heteroatoms. The first-order valence-electron chi connectivity index (χ1n) is 5.78. The van der Waals surface area contributed by atoms with E-state index in [4.69, 9.17) is 0 Å². The van der Waals surface area contributed by atoms with E-state index in [1.54, 1.807) is 12.4 Å². The SMILES string of the molecule is O=COCCc1c[nH]cc1-c1ccc([N+](=O)[O-])c(F)c1. The van der Waals surface area contributed by atoms with Gasteiger partial charge in [-0.1, -0.05) is 0 Å². The predicted molar refractivity (Wildman–Crippen MR) is 68.6 cm³/mol. The zero-order chi connectivity index (χ0) is 14.5. The molecule has 20 heavy (non-hydrogen) atoms. The van der Waals surface area contributed by atoms with Gasteiger partial charge in [-0.25, -0.2) is 0 Å². The summed E-state index contributed by atoms with van der Waals surface area (Å²) in [6.07, 6.45) is 3.84. The van der Waals surface area contributed by atoms with E-state index < -0.39 is 16.4 Å². The molecule has 0 fully saturated rings. The molecule has 0 radical (unpaired) electrons. The van der Waals surface area contributed by atoms with Crippen LogP contribution >= 0.6 is 0 Å². The topological polar surface area (TPSA) is 85.2 Å². The minimum absolute atomic E-state index is 0.212. The van der Waals surface area contributed by atoms with Crippen molar-refractivity contribution in [2.45, 2.75) is 6.42 Å². The predicted octanol–water partition coefficient (Wildman–Crippen LogP) is 2.44. The molecule has 104 valence electrons. The normalized spacial score (nSPS) is 10.2. The van der Waals surface area contributed by atoms with Crippen LogP contribution in [0.25, 0.3) is 11.1 Å². The van der Waals surface area contributed by atoms with Crippen LogP contribution in [0.4, 0.5) is 10.1 Å². The highest BCUT2D eigenvalue weighted by Crippen LogP contribution is 2.28. The molecule has 0 atom stereocenters. The molecule has 1 heterocycles. The van der Waals surface area contributed by atoms with Crippen LogP contribution in [-0.2, 0) is 16.0 Å². The van der Waals surface area contributed by atoms with Gasteiger partial charge in [0, 0.05) is 30.4 Å². The molecule has 0 aliphatic carbocycles. The van der Waals surface area contributed by atoms with Crippen molar-refractivity contribution >= 4 is 12.2 Å². The summed E-state index contributed by atoms with van der Waals surface area (Å²) in [5.74, 6) is -0.885. The van der Waals surface area contributed by atoms with Crippen LogP contribution in [0.15, 0.2) is 30.6 Å². The summed E-state index contributed by atoms with van der Waals surface area (Å²) in [5, 5.41) is 10.6. The molecule has 0 saturated carbocycles. The zero-order valence-electron chi connectivity index (χ0n) is 10.3. The summed E-state index contributed by atoms with van der Waals surface area (Å²) < 4.78 is 18.2. The second-order valence-electron chi connectivity index (χ2n) is 4.03. The number of rotatable bonds is 6. The number of aromatic nitrogens is 1. The molecule has 0 bridgehead atoms. The Morgan fingerprint density at radius 2 is 2.20 bits per heavy atom. The van der Waals surface area contributed by atoms with Gasteiger partial charge < -0.3 is 9.72 Å². The van der Waals surface area contributed by atoms with Crippen molar-refractivity contribution in [3.63, 3.8) is 0 Å². The average molecular weight is 278 g/mol. The molecule has 0 aliphatic heterocycles. The Kier molecular flexibility index (Phi) is 4.09. The number of nitrogens with one attached hydrogen (secondary N) is 1. The standard InChI is InChI=1S/C13H11FN2O4/c14-12-5-9(1-2-13(12)16(18)19)11-7-15-6-10(11)3-4-20-8-17/h1-2,5-8,15H,3-4H2. The van der Waals surface area contributed by atoms with Gasteiger partial charge in [0.2, 0.25) is 5.82 Å². The van der Waals surface area contributed by atoms with Crippen LogP contribution in [0.2, 0.25) is 0 Å². The fourth-order valence-corrected chi connectivity index (χ4v) is 1.91. The molecular weight excluding hydrogens is 267 g/mol. The highest BCUT2D eigenvalue weighted by molar-refractivity contribution is 5.68. The molecule has 2 rings (SSSR count). The number of nitrogens with zero attached hydrogens (tertiary/aromatic N) is 1. The van der Waals surface area contributed by atoms with Crippen LogP contribution in [0.3, 0.4) is 0 Å². The Morgan fingerprint density at radius 1 is 1.40 bits per heavy atom. The largest absolute Gasteiger partial charge is 0.468 e. The highest BCUT2D eigenvalue weighted by Gasteiger charge is 2.15. The van der Waals surface area contributed by atoms with Gasteiger partial charge in [0.05, 0.1) is 11.5 Å². The molecule has 0 saturated heterocycles. The Balaban J connectivity index is 2.28. The first kappa shape index (κ1) is 13.7. The Bertz CT molecular complexity index is 639. The number of carbonyl (C=O) groups is 1. The average Bonchev–Trinajstić information content (AvgIpc) is 2.87. The summed E-state index contributed by atoms with van der Waals surface area (Å²) >= 11 is 0. The highest BCUT2D eigenvalue weighted by atomic mass is 19.1. The van der Waals surface area contributed by atoms with Crippen molar-refractivity contribution in [2.75, 3.05) is 6.61 Å². The molecule has 1 N–H and O–H groups in total. The molecule has 2 aromatic rings. The fraction of sp³-hybridized carbons (Fsp3) is 0.154. The number of ether oxygens (including phenoxy) is 1. The fourth-order valence-electron chi connectivity index (χ4n) is 1.91. The lowest BCUT2D eigenvalue weighted by molar-refractivity contribution is -0.387. The van der Waals surface area contributed by atoms with Crippen molar-refractivity contribution in [3.05, 3.63) is 52.1 Å². The molecule has 1 aromatic heterocycles. The lowest BCUT2D eigenvalue weighted by Gasteiger charge is -2.04. The van der Waals surface area contributed by atoms with Gasteiger partial charge in [0.1, 0.15) is 0 Å². The second kappa shape index (κ2) is 5.96. The molecule has 0 amide bonds. The summed E-state index contributed by atoms with van der Waals surface area (Å²) in [6, 6.07) is 3.73. The van der Waals surface area contributed by atoms with Crippen molar-refractivity contribution in [1.29, 1.82) is 0 Å². The van der Waals surface area contributed by atoms with Crippen molar-refractivity contribution in [1.82, 2.24) is 4.98 Å². The number of benzene rings is 1. The maximum Gasteiger partial charge on any atom is 0.304 e. The van der Waals surface area contributed by atoms with Gasteiger partial charge >= 0.3 is 5.69 Å². The summed E-state index contributed by atoms with van der Waals surface area (Å²) in [7, 11) is 0. The van der Waals surface area contributed by atoms with E-state index in [1.807, 2.05) is 0 Å². The van der Waals surface area contributed by atoms with Gasteiger partial charge in [-0.15, -0.1) is 0 Å². The maximum absolute atomic E-state index is 13.6. The van der Waals surface area contributed by atoms with E-state index in [9.17, 15) is 19.3 Å². The Morgan fingerprint density at radius 3 is 2.85 bits per heavy atom. The quantitative estimate of drug-likeness (QED) is 0.380. The number of hydrogen-bond acceptors (Lipinski definition) is 4. The number of halogens is 1. The van der Waals surface area contributed by atoms with E-state index in [2.05, 4.69) is 9.72 Å². The van der Waals surface area contributed by atoms with Crippen LogP contribution in [-0.4, -0.2) is 23.0 Å². The van der Waals surface area contributed by atoms with Gasteiger partial charge in [0.15, 0.2) is 0 Å². The maximum atomic E-state index is 13.6. The zero-order valence-corrected chi connectivity index (χ0v) is 10.3. The molecule has 1 aromatic carbocycles. The lowest BCUT2D eigenvalue weighted by Crippen LogP contribution is -1.97. The summed E-state index contributed by atoms with van der Waals surface area (Å²) in [6.45, 7) is 0.571. The van der Waals surface area contributed by atoms with Crippen LogP contribution in [0.1, 0.15) is 5.56 Å². The Hall–Kier alpha value is -2.70. The summed E-state index contributed by atoms with van der Waals surface area (Å²) in [4.78, 5) is 22.8. The van der Waals surface area contributed by atoms with Gasteiger partial charge in [0.25, 0.3) is 6.47 Å². The van der Waals surface area contributed by atoms with Gasteiger partial charge in [-0.3, -0.25) is 14.9 Å². The number of carbonyl (C=O) groups excluding carboxylic acids is 1. The molecule has 0 aliphatic rings. The first-order valence-corrected chi connectivity index (χ1v) is 5.78. The minimum Gasteiger partial charge on any atom is -0.468 e. The van der Waals surface area contributed by atoms with Crippen molar-refractivity contribution < 1.29 is 18.8 Å². The van der Waals surface area contributed by atoms with E-state index >= 15 is 0 Å². The third kappa shape index (κ3) is 2.82. The van der Waals surface area contributed by atoms with E-state index in [1.165, 1.54) is 6.07 Å². The molecule has 0 unspecified atom stereocenters. The van der Waals surface area contributed by atoms with Gasteiger partial charge in [-0.2, -0.15) is 4.39 Å². The number of H-pyrrole nitrogens is 1. The third-order valence-corrected chi connectivity index (χ3v) is 2.84. The van der Waals surface area contributed by atoms with E-state index in [-0.39, 0.29) is 6.61 Å². The third-order valence-electron chi connectivity index (χ3n) is 2.84. The summed E-state index contributed by atoms with van der Waals surface area (Å²) in [5.41, 5.74) is 1.51. The van der Waals surface area contributed by atoms with E-state index in [0.29, 0.717) is 24.0 Å². The second-order valence-corrected chi connectivity index (χ2v) is 4.03. The number of aromatic amines is 1. The number of nitro groups is 1. The van der Waals surface area contributed by atoms with Crippen LogP contribution in [0.5, 0.6) is 0 Å². The number of hydrogen-bond donors (Lipinski definition) is 1. The Labute approximate surface area is 113 Å². The van der Waals surface area contributed by atoms with Crippen LogP contribution < -0.4 is 0 Å². The minimum atomic E-state index is -0.885. The number of nitro benzene ring substituents is 1. The first-order chi connectivity index (χ1) is 9.63. The smallest absolute Gasteiger partial charge is 0.304 e. The monoisotopic (exact) mass is 278 g/mol. The molecular formula is C13H11FN2O4. The molecule has 0 spiro atoms. The van der Waals surface area contributed by atoms with Crippen molar-refractivity contribution in [2.24, 2.45) is 0 Å². The van der Waals surface area contributed by atoms with Gasteiger partial charge in [-0.05, 0) is 23.3 Å². The van der Waals surface area contributed by atoms with Crippen LogP contribution in [0, 0.1) is 15.9 Å². The van der Waals surface area contributed by atoms with Crippen molar-refractivity contribution in [3.8, 4) is 11.1 Å². The van der Waals surface area contributed by atoms with E-state index in [0.717, 1.165) is 17.7 Å². The lowest BCUT2D eigenvalue weighted by atomic mass is 10.0.